The lowest BCUT2D eigenvalue weighted by atomic mass is 10.1. The average molecular weight is 254 g/mol. The third kappa shape index (κ3) is 2.17. The van der Waals surface area contributed by atoms with E-state index in [1.807, 2.05) is 12.1 Å². The molecule has 4 heteroatoms. The molecule has 0 amide bonds. The summed E-state index contributed by atoms with van der Waals surface area (Å²) in [4.78, 5) is 15.2. The minimum Gasteiger partial charge on any atom is -0.478 e. The number of carboxylic acid groups (broad SMARTS) is 1. The molecule has 2 aromatic rings. The molecule has 0 aliphatic heterocycles. The number of aromatic nitrogens is 1. The fourth-order valence-corrected chi connectivity index (χ4v) is 2.59. The Morgan fingerprint density at radius 1 is 1.32 bits per heavy atom. The lowest BCUT2D eigenvalue weighted by molar-refractivity contribution is 0.0697. The van der Waals surface area contributed by atoms with Crippen LogP contribution in [0.1, 0.15) is 33.9 Å². The van der Waals surface area contributed by atoms with E-state index in [9.17, 15) is 4.79 Å². The minimum atomic E-state index is -0.934. The molecule has 2 N–H and O–H groups in total. The molecule has 1 heterocycles. The molecule has 0 fully saturated rings. The van der Waals surface area contributed by atoms with E-state index in [2.05, 4.69) is 22.4 Å². The Bertz CT molecular complexity index is 625. The van der Waals surface area contributed by atoms with Crippen LogP contribution in [0.15, 0.2) is 42.7 Å². The second-order valence-electron chi connectivity index (χ2n) is 4.66. The summed E-state index contributed by atoms with van der Waals surface area (Å²) in [6.45, 7) is 0. The van der Waals surface area contributed by atoms with Gasteiger partial charge in [-0.25, -0.2) is 4.79 Å². The highest BCUT2D eigenvalue weighted by atomic mass is 16.4. The Morgan fingerprint density at radius 3 is 3.00 bits per heavy atom. The lowest BCUT2D eigenvalue weighted by Crippen LogP contribution is -2.11. The summed E-state index contributed by atoms with van der Waals surface area (Å²) in [5.41, 5.74) is 3.43. The summed E-state index contributed by atoms with van der Waals surface area (Å²) in [6.07, 6.45) is 5.07. The smallest absolute Gasteiger partial charge is 0.337 e. The number of carboxylic acids is 1. The van der Waals surface area contributed by atoms with Crippen LogP contribution in [0, 0.1) is 0 Å². The van der Waals surface area contributed by atoms with Crippen molar-refractivity contribution in [1.29, 1.82) is 0 Å². The van der Waals surface area contributed by atoms with Crippen molar-refractivity contribution >= 4 is 11.7 Å². The summed E-state index contributed by atoms with van der Waals surface area (Å²) < 4.78 is 0. The highest BCUT2D eigenvalue weighted by molar-refractivity contribution is 5.93. The van der Waals surface area contributed by atoms with Crippen LogP contribution in [-0.2, 0) is 6.42 Å². The Hall–Kier alpha value is -2.36. The second kappa shape index (κ2) is 4.72. The van der Waals surface area contributed by atoms with E-state index >= 15 is 0 Å². The normalized spacial score (nSPS) is 16.9. The van der Waals surface area contributed by atoms with Gasteiger partial charge in [0.1, 0.15) is 0 Å². The van der Waals surface area contributed by atoms with Crippen molar-refractivity contribution in [2.45, 2.75) is 18.9 Å². The van der Waals surface area contributed by atoms with Gasteiger partial charge in [-0.15, -0.1) is 0 Å². The Morgan fingerprint density at radius 2 is 2.16 bits per heavy atom. The zero-order chi connectivity index (χ0) is 13.2. The van der Waals surface area contributed by atoms with Crippen molar-refractivity contribution in [2.24, 2.45) is 0 Å². The predicted molar refractivity (Wildman–Crippen MR) is 72.3 cm³/mol. The molecule has 0 spiro atoms. The molecule has 0 bridgehead atoms. The maximum absolute atomic E-state index is 11.2. The predicted octanol–water partition coefficient (Wildman–Crippen LogP) is 2.88. The van der Waals surface area contributed by atoms with Gasteiger partial charge >= 0.3 is 5.97 Å². The first-order valence-corrected chi connectivity index (χ1v) is 6.27. The first kappa shape index (κ1) is 11.7. The number of hydrogen-bond acceptors (Lipinski definition) is 3. The number of hydrogen-bond donors (Lipinski definition) is 2. The summed E-state index contributed by atoms with van der Waals surface area (Å²) in [5.74, 6) is -0.934. The molecule has 96 valence electrons. The van der Waals surface area contributed by atoms with E-state index in [0.29, 0.717) is 5.69 Å². The number of rotatable bonds is 3. The van der Waals surface area contributed by atoms with Crippen LogP contribution in [0.4, 0.5) is 5.69 Å². The van der Waals surface area contributed by atoms with Gasteiger partial charge in [-0.3, -0.25) is 4.98 Å². The molecule has 19 heavy (non-hydrogen) atoms. The van der Waals surface area contributed by atoms with Gasteiger partial charge in [-0.05, 0) is 30.0 Å². The quantitative estimate of drug-likeness (QED) is 0.884. The largest absolute Gasteiger partial charge is 0.478 e. The molecule has 1 atom stereocenters. The highest BCUT2D eigenvalue weighted by Crippen LogP contribution is 2.34. The molecule has 0 saturated carbocycles. The number of carbonyl (C=O) groups is 1. The van der Waals surface area contributed by atoms with Crippen molar-refractivity contribution < 1.29 is 9.90 Å². The number of nitrogens with one attached hydrogen (secondary N) is 1. The van der Waals surface area contributed by atoms with E-state index in [1.165, 1.54) is 23.4 Å². The summed E-state index contributed by atoms with van der Waals surface area (Å²) >= 11 is 0. The molecule has 1 unspecified atom stereocenters. The van der Waals surface area contributed by atoms with Gasteiger partial charge in [0.15, 0.2) is 0 Å². The zero-order valence-electron chi connectivity index (χ0n) is 10.3. The van der Waals surface area contributed by atoms with Crippen molar-refractivity contribution in [3.8, 4) is 0 Å². The summed E-state index contributed by atoms with van der Waals surface area (Å²) in [5, 5.41) is 12.5. The number of nitrogens with zero attached hydrogens (tertiary/aromatic N) is 1. The number of pyridine rings is 1. The molecule has 0 saturated heterocycles. The fourth-order valence-electron chi connectivity index (χ4n) is 2.59. The van der Waals surface area contributed by atoms with Crippen LogP contribution >= 0.6 is 0 Å². The second-order valence-corrected chi connectivity index (χ2v) is 4.66. The van der Waals surface area contributed by atoms with Gasteiger partial charge in [0.05, 0.1) is 23.5 Å². The van der Waals surface area contributed by atoms with Crippen LogP contribution in [0.25, 0.3) is 0 Å². The van der Waals surface area contributed by atoms with Crippen LogP contribution < -0.4 is 5.32 Å². The topological polar surface area (TPSA) is 62.2 Å². The molecule has 1 aliphatic carbocycles. The maximum Gasteiger partial charge on any atom is 0.337 e. The van der Waals surface area contributed by atoms with Gasteiger partial charge in [-0.2, -0.15) is 0 Å². The minimum absolute atomic E-state index is 0.165. The van der Waals surface area contributed by atoms with Crippen molar-refractivity contribution in [1.82, 2.24) is 4.98 Å². The van der Waals surface area contributed by atoms with Crippen LogP contribution in [0.3, 0.4) is 0 Å². The lowest BCUT2D eigenvalue weighted by Gasteiger charge is -2.16. The van der Waals surface area contributed by atoms with Gasteiger partial charge in [0.25, 0.3) is 0 Å². The van der Waals surface area contributed by atoms with E-state index in [0.717, 1.165) is 12.8 Å². The number of fused-ring (bicyclic) bond motifs is 1. The molecule has 1 aliphatic rings. The van der Waals surface area contributed by atoms with Gasteiger partial charge < -0.3 is 10.4 Å². The SMILES string of the molecule is O=C(O)c1ccncc1NC1CCc2ccccc21. The molecule has 4 nitrogen and oxygen atoms in total. The zero-order valence-corrected chi connectivity index (χ0v) is 10.3. The van der Waals surface area contributed by atoms with Gasteiger partial charge in [0.2, 0.25) is 0 Å². The Balaban J connectivity index is 1.90. The van der Waals surface area contributed by atoms with Gasteiger partial charge in [0, 0.05) is 6.20 Å². The molecule has 1 aromatic carbocycles. The molecule has 0 radical (unpaired) electrons. The van der Waals surface area contributed by atoms with E-state index in [1.54, 1.807) is 6.20 Å². The Kier molecular flexibility index (Phi) is 2.91. The monoisotopic (exact) mass is 254 g/mol. The highest BCUT2D eigenvalue weighted by Gasteiger charge is 2.23. The molecular formula is C15H14N2O2. The fraction of sp³-hybridized carbons (Fsp3) is 0.200. The van der Waals surface area contributed by atoms with E-state index in [-0.39, 0.29) is 11.6 Å². The third-order valence-electron chi connectivity index (χ3n) is 3.51. The summed E-state index contributed by atoms with van der Waals surface area (Å²) in [7, 11) is 0. The Labute approximate surface area is 111 Å². The molecular weight excluding hydrogens is 240 g/mol. The molecule has 3 rings (SSSR count). The molecule has 1 aromatic heterocycles. The van der Waals surface area contributed by atoms with Crippen molar-refractivity contribution in [3.05, 3.63) is 59.4 Å². The van der Waals surface area contributed by atoms with Gasteiger partial charge in [-0.1, -0.05) is 24.3 Å². The number of aryl methyl sites for hydroxylation is 1. The first-order valence-electron chi connectivity index (χ1n) is 6.27. The maximum atomic E-state index is 11.2. The summed E-state index contributed by atoms with van der Waals surface area (Å²) in [6, 6.07) is 9.95. The van der Waals surface area contributed by atoms with E-state index < -0.39 is 5.97 Å². The van der Waals surface area contributed by atoms with E-state index in [4.69, 9.17) is 5.11 Å². The number of anilines is 1. The van der Waals surface area contributed by atoms with Crippen molar-refractivity contribution in [3.63, 3.8) is 0 Å². The average Bonchev–Trinajstić information content (AvgIpc) is 2.83. The first-order chi connectivity index (χ1) is 9.25. The number of aromatic carboxylic acids is 1. The standard InChI is InChI=1S/C15H14N2O2/c18-15(19)12-7-8-16-9-14(12)17-13-6-5-10-3-1-2-4-11(10)13/h1-4,7-9,13,17H,5-6H2,(H,18,19). The third-order valence-corrected chi connectivity index (χ3v) is 3.51. The van der Waals surface area contributed by atoms with Crippen LogP contribution in [-0.4, -0.2) is 16.1 Å². The number of benzene rings is 1. The van der Waals surface area contributed by atoms with Crippen molar-refractivity contribution in [2.75, 3.05) is 5.32 Å². The van der Waals surface area contributed by atoms with Crippen LogP contribution in [0.2, 0.25) is 0 Å². The van der Waals surface area contributed by atoms with Crippen LogP contribution in [0.5, 0.6) is 0 Å².